The highest BCUT2D eigenvalue weighted by Gasteiger charge is 2.34. The Morgan fingerprint density at radius 1 is 1.45 bits per heavy atom. The molecule has 0 spiro atoms. The Morgan fingerprint density at radius 3 is 2.55 bits per heavy atom. The summed E-state index contributed by atoms with van der Waals surface area (Å²) in [5.41, 5.74) is 0. The lowest BCUT2D eigenvalue weighted by molar-refractivity contribution is -0.249. The van der Waals surface area contributed by atoms with E-state index in [1.807, 2.05) is 0 Å². The Labute approximate surface area is 65.7 Å². The van der Waals surface area contributed by atoms with Gasteiger partial charge in [-0.3, -0.25) is 0 Å². The second-order valence-corrected chi connectivity index (χ2v) is 2.84. The van der Waals surface area contributed by atoms with Crippen LogP contribution in [0.15, 0.2) is 0 Å². The molecular weight excluding hydrogens is 148 g/mol. The van der Waals surface area contributed by atoms with Crippen molar-refractivity contribution in [2.45, 2.75) is 37.9 Å². The number of ether oxygens (including phenoxy) is 2. The fraction of sp³-hybridized carbons (Fsp3) is 1.00. The van der Waals surface area contributed by atoms with Crippen LogP contribution >= 0.6 is 0 Å². The fourth-order valence-corrected chi connectivity index (χ4v) is 1.31. The zero-order valence-electron chi connectivity index (χ0n) is 6.73. The maximum atomic E-state index is 9.34. The van der Waals surface area contributed by atoms with Gasteiger partial charge in [0.25, 0.3) is 0 Å². The lowest BCUT2D eigenvalue weighted by Gasteiger charge is -2.34. The van der Waals surface area contributed by atoms with E-state index >= 15 is 0 Å². The van der Waals surface area contributed by atoms with Crippen molar-refractivity contribution in [1.82, 2.24) is 0 Å². The van der Waals surface area contributed by atoms with Crippen molar-refractivity contribution < 1.29 is 19.7 Å². The minimum atomic E-state index is -1.00. The Morgan fingerprint density at radius 2 is 2.09 bits per heavy atom. The van der Waals surface area contributed by atoms with E-state index in [2.05, 4.69) is 0 Å². The highest BCUT2D eigenvalue weighted by molar-refractivity contribution is 4.79. The molecule has 2 N–H and O–H groups in total. The van der Waals surface area contributed by atoms with Gasteiger partial charge in [0, 0.05) is 13.5 Å². The molecule has 0 aliphatic carbocycles. The zero-order valence-corrected chi connectivity index (χ0v) is 6.73. The lowest BCUT2D eigenvalue weighted by atomic mass is 10.0. The van der Waals surface area contributed by atoms with Crippen LogP contribution in [0.25, 0.3) is 0 Å². The number of aliphatic hydroxyl groups is 2. The quantitative estimate of drug-likeness (QED) is 0.545. The maximum Gasteiger partial charge on any atom is 0.183 e. The van der Waals surface area contributed by atoms with Gasteiger partial charge in [0.1, 0.15) is 6.10 Å². The summed E-state index contributed by atoms with van der Waals surface area (Å²) in [6, 6.07) is 0. The van der Waals surface area contributed by atoms with Gasteiger partial charge in [0.2, 0.25) is 0 Å². The highest BCUT2D eigenvalue weighted by atomic mass is 16.6. The monoisotopic (exact) mass is 162 g/mol. The van der Waals surface area contributed by atoms with Crippen LogP contribution in [0.3, 0.4) is 0 Å². The molecular formula is C7H14O4. The first-order valence-corrected chi connectivity index (χ1v) is 3.69. The van der Waals surface area contributed by atoms with Crippen LogP contribution in [0, 0.1) is 0 Å². The predicted molar refractivity (Wildman–Crippen MR) is 38.0 cm³/mol. The Hall–Kier alpha value is -0.160. The molecule has 1 fully saturated rings. The summed E-state index contributed by atoms with van der Waals surface area (Å²) in [7, 11) is 1.44. The van der Waals surface area contributed by atoms with Crippen molar-refractivity contribution >= 4 is 0 Å². The van der Waals surface area contributed by atoms with E-state index in [1.54, 1.807) is 6.92 Å². The molecule has 4 nitrogen and oxygen atoms in total. The van der Waals surface area contributed by atoms with Gasteiger partial charge < -0.3 is 19.7 Å². The molecule has 1 aliphatic rings. The molecule has 0 bridgehead atoms. The van der Waals surface area contributed by atoms with Gasteiger partial charge in [-0.2, -0.15) is 0 Å². The van der Waals surface area contributed by atoms with Crippen LogP contribution in [0.4, 0.5) is 0 Å². The topological polar surface area (TPSA) is 58.9 Å². The SMILES string of the molecule is CO[C@@H]1[C@H](O)C[C@H](C)O[C@H]1O. The first kappa shape index (κ1) is 8.93. The van der Waals surface area contributed by atoms with Gasteiger partial charge in [0.15, 0.2) is 6.29 Å². The molecule has 1 heterocycles. The van der Waals surface area contributed by atoms with Crippen LogP contribution in [0.1, 0.15) is 13.3 Å². The smallest absolute Gasteiger partial charge is 0.183 e. The summed E-state index contributed by atoms with van der Waals surface area (Å²) < 4.78 is 9.87. The summed E-state index contributed by atoms with van der Waals surface area (Å²) in [5.74, 6) is 0. The molecule has 0 unspecified atom stereocenters. The van der Waals surface area contributed by atoms with Crippen molar-refractivity contribution in [1.29, 1.82) is 0 Å². The third kappa shape index (κ3) is 1.90. The van der Waals surface area contributed by atoms with Crippen LogP contribution in [-0.4, -0.2) is 41.9 Å². The molecule has 0 aromatic rings. The summed E-state index contributed by atoms with van der Waals surface area (Å²) in [6.07, 6.45) is -1.83. The van der Waals surface area contributed by atoms with E-state index in [9.17, 15) is 10.2 Å². The molecule has 0 amide bonds. The van der Waals surface area contributed by atoms with Gasteiger partial charge in [0.05, 0.1) is 12.2 Å². The Bertz CT molecular complexity index is 116. The highest BCUT2D eigenvalue weighted by Crippen LogP contribution is 2.20. The van der Waals surface area contributed by atoms with Crippen LogP contribution in [0.2, 0.25) is 0 Å². The van der Waals surface area contributed by atoms with Crippen molar-refractivity contribution in [2.75, 3.05) is 7.11 Å². The number of hydrogen-bond acceptors (Lipinski definition) is 4. The van der Waals surface area contributed by atoms with E-state index in [0.717, 1.165) is 0 Å². The molecule has 0 saturated carbocycles. The third-order valence-corrected chi connectivity index (χ3v) is 1.88. The van der Waals surface area contributed by atoms with E-state index in [1.165, 1.54) is 7.11 Å². The lowest BCUT2D eigenvalue weighted by Crippen LogP contribution is -2.48. The van der Waals surface area contributed by atoms with Crippen LogP contribution < -0.4 is 0 Å². The van der Waals surface area contributed by atoms with Gasteiger partial charge in [-0.15, -0.1) is 0 Å². The minimum Gasteiger partial charge on any atom is -0.390 e. The summed E-state index contributed by atoms with van der Waals surface area (Å²) in [4.78, 5) is 0. The maximum absolute atomic E-state index is 9.34. The third-order valence-electron chi connectivity index (χ3n) is 1.88. The van der Waals surface area contributed by atoms with Crippen molar-refractivity contribution in [3.63, 3.8) is 0 Å². The van der Waals surface area contributed by atoms with Crippen molar-refractivity contribution in [3.8, 4) is 0 Å². The van der Waals surface area contributed by atoms with Gasteiger partial charge in [-0.05, 0) is 6.92 Å². The van der Waals surface area contributed by atoms with Crippen LogP contribution in [-0.2, 0) is 9.47 Å². The molecule has 1 rings (SSSR count). The summed E-state index contributed by atoms with van der Waals surface area (Å²) in [6.45, 7) is 1.80. The molecule has 0 aromatic heterocycles. The normalized spacial score (nSPS) is 45.8. The van der Waals surface area contributed by atoms with E-state index in [0.29, 0.717) is 6.42 Å². The van der Waals surface area contributed by atoms with E-state index < -0.39 is 18.5 Å². The number of aliphatic hydroxyl groups excluding tert-OH is 2. The van der Waals surface area contributed by atoms with Gasteiger partial charge in [-0.25, -0.2) is 0 Å². The van der Waals surface area contributed by atoms with Crippen LogP contribution in [0.5, 0.6) is 0 Å². The van der Waals surface area contributed by atoms with Gasteiger partial charge >= 0.3 is 0 Å². The Kier molecular flexibility index (Phi) is 2.84. The summed E-state index contributed by atoms with van der Waals surface area (Å²) in [5, 5.41) is 18.5. The average Bonchev–Trinajstić information content (AvgIpc) is 1.85. The number of methoxy groups -OCH3 is 1. The minimum absolute atomic E-state index is 0.105. The van der Waals surface area contributed by atoms with E-state index in [4.69, 9.17) is 9.47 Å². The molecule has 11 heavy (non-hydrogen) atoms. The molecule has 1 aliphatic heterocycles. The number of rotatable bonds is 1. The number of hydrogen-bond donors (Lipinski definition) is 2. The largest absolute Gasteiger partial charge is 0.390 e. The zero-order chi connectivity index (χ0) is 8.43. The second kappa shape index (κ2) is 3.49. The predicted octanol–water partition coefficient (Wildman–Crippen LogP) is -0.510. The molecule has 4 heteroatoms. The second-order valence-electron chi connectivity index (χ2n) is 2.84. The Balaban J connectivity index is 2.52. The summed E-state index contributed by atoms with van der Waals surface area (Å²) >= 11 is 0. The molecule has 0 radical (unpaired) electrons. The molecule has 0 aromatic carbocycles. The average molecular weight is 162 g/mol. The molecule has 66 valence electrons. The van der Waals surface area contributed by atoms with Crippen molar-refractivity contribution in [2.24, 2.45) is 0 Å². The fourth-order valence-electron chi connectivity index (χ4n) is 1.31. The first-order chi connectivity index (χ1) is 5.15. The van der Waals surface area contributed by atoms with E-state index in [-0.39, 0.29) is 6.10 Å². The first-order valence-electron chi connectivity index (χ1n) is 3.69. The van der Waals surface area contributed by atoms with Crippen molar-refractivity contribution in [3.05, 3.63) is 0 Å². The molecule has 4 atom stereocenters. The standard InChI is InChI=1S/C7H14O4/c1-4-3-5(8)6(10-2)7(9)11-4/h4-9H,3H2,1-2H3/t4-,5+,6+,7+/m0/s1. The van der Waals surface area contributed by atoms with Gasteiger partial charge in [-0.1, -0.05) is 0 Å². The molecule has 1 saturated heterocycles.